The van der Waals surface area contributed by atoms with Gasteiger partial charge in [0.1, 0.15) is 10.8 Å². The number of aromatic nitrogens is 2. The second kappa shape index (κ2) is 7.17. The summed E-state index contributed by atoms with van der Waals surface area (Å²) in [6, 6.07) is 3.87. The quantitative estimate of drug-likeness (QED) is 0.834. The molecule has 3 heterocycles. The molecule has 1 spiro atoms. The van der Waals surface area contributed by atoms with Gasteiger partial charge in [-0.25, -0.2) is 4.98 Å². The Kier molecular flexibility index (Phi) is 4.78. The first-order valence-electron chi connectivity index (χ1n) is 8.62. The van der Waals surface area contributed by atoms with E-state index in [0.717, 1.165) is 38.4 Å². The van der Waals surface area contributed by atoms with E-state index < -0.39 is 0 Å². The zero-order valence-corrected chi connectivity index (χ0v) is 14.6. The fraction of sp³-hybridized carbons (Fsp3) is 0.556. The normalized spacial score (nSPS) is 27.6. The van der Waals surface area contributed by atoms with Gasteiger partial charge in [-0.1, -0.05) is 0 Å². The summed E-state index contributed by atoms with van der Waals surface area (Å²) >= 11 is 1.73. The number of ether oxygens (including phenoxy) is 2. The van der Waals surface area contributed by atoms with Crippen molar-refractivity contribution in [2.45, 2.75) is 31.4 Å². The summed E-state index contributed by atoms with van der Waals surface area (Å²) in [4.78, 5) is 11.0. The standard InChI is InChI=1S/C18H23N3O2S/c1-3-15(13-22-16-4-2-6-19-11-16)18(5-1)14-21(8-9-23-18)12-17-20-7-10-24-17/h2,4,6-7,10-11,15H,1,3,5,8-9,12-14H2/t15-,18+/m1/s1. The van der Waals surface area contributed by atoms with E-state index in [1.807, 2.05) is 23.7 Å². The average molecular weight is 345 g/mol. The fourth-order valence-electron chi connectivity index (χ4n) is 3.92. The van der Waals surface area contributed by atoms with Gasteiger partial charge in [-0.15, -0.1) is 11.3 Å². The maximum absolute atomic E-state index is 6.32. The minimum Gasteiger partial charge on any atom is -0.492 e. The number of hydrogen-bond donors (Lipinski definition) is 0. The Morgan fingerprint density at radius 3 is 3.25 bits per heavy atom. The van der Waals surface area contributed by atoms with Gasteiger partial charge >= 0.3 is 0 Å². The summed E-state index contributed by atoms with van der Waals surface area (Å²) in [7, 11) is 0. The highest BCUT2D eigenvalue weighted by molar-refractivity contribution is 7.09. The topological polar surface area (TPSA) is 47.5 Å². The fourth-order valence-corrected chi connectivity index (χ4v) is 4.57. The van der Waals surface area contributed by atoms with Crippen molar-refractivity contribution in [1.82, 2.24) is 14.9 Å². The molecule has 6 heteroatoms. The van der Waals surface area contributed by atoms with E-state index in [2.05, 4.69) is 14.9 Å². The van der Waals surface area contributed by atoms with Gasteiger partial charge in [0.15, 0.2) is 0 Å². The molecule has 2 fully saturated rings. The Hall–Kier alpha value is -1.50. The van der Waals surface area contributed by atoms with Crippen molar-refractivity contribution < 1.29 is 9.47 Å². The second-order valence-electron chi connectivity index (χ2n) is 6.64. The van der Waals surface area contributed by atoms with Gasteiger partial charge in [0, 0.05) is 36.8 Å². The molecule has 2 aromatic heterocycles. The van der Waals surface area contributed by atoms with Crippen LogP contribution in [0.2, 0.25) is 0 Å². The molecule has 2 atom stereocenters. The van der Waals surface area contributed by atoms with Gasteiger partial charge < -0.3 is 9.47 Å². The van der Waals surface area contributed by atoms with Crippen molar-refractivity contribution in [1.29, 1.82) is 0 Å². The van der Waals surface area contributed by atoms with E-state index in [0.29, 0.717) is 12.5 Å². The molecule has 0 unspecified atom stereocenters. The van der Waals surface area contributed by atoms with Crippen LogP contribution in [0.25, 0.3) is 0 Å². The Morgan fingerprint density at radius 2 is 2.42 bits per heavy atom. The van der Waals surface area contributed by atoms with E-state index in [1.165, 1.54) is 17.8 Å². The Balaban J connectivity index is 1.40. The molecule has 5 nitrogen and oxygen atoms in total. The molecule has 1 saturated heterocycles. The number of morpholine rings is 1. The highest BCUT2D eigenvalue weighted by Crippen LogP contribution is 2.41. The number of hydrogen-bond acceptors (Lipinski definition) is 6. The van der Waals surface area contributed by atoms with Crippen LogP contribution in [0.3, 0.4) is 0 Å². The van der Waals surface area contributed by atoms with Crippen LogP contribution in [0, 0.1) is 5.92 Å². The Morgan fingerprint density at radius 1 is 1.42 bits per heavy atom. The number of pyridine rings is 1. The molecule has 0 N–H and O–H groups in total. The molecular formula is C18H23N3O2S. The first-order chi connectivity index (χ1) is 11.8. The van der Waals surface area contributed by atoms with Crippen molar-refractivity contribution >= 4 is 11.3 Å². The minimum atomic E-state index is -0.0578. The molecule has 0 aromatic carbocycles. The summed E-state index contributed by atoms with van der Waals surface area (Å²) in [5.41, 5.74) is -0.0578. The molecule has 0 bridgehead atoms. The van der Waals surface area contributed by atoms with Gasteiger partial charge in [0.05, 0.1) is 31.6 Å². The van der Waals surface area contributed by atoms with Gasteiger partial charge in [0.25, 0.3) is 0 Å². The average Bonchev–Trinajstić information content (AvgIpc) is 3.25. The zero-order chi connectivity index (χ0) is 16.2. The lowest BCUT2D eigenvalue weighted by Gasteiger charge is -2.43. The molecule has 0 radical (unpaired) electrons. The lowest BCUT2D eigenvalue weighted by Crippen LogP contribution is -2.54. The predicted molar refractivity (Wildman–Crippen MR) is 93.1 cm³/mol. The Labute approximate surface area is 146 Å². The molecular weight excluding hydrogens is 322 g/mol. The van der Waals surface area contributed by atoms with E-state index in [9.17, 15) is 0 Å². The van der Waals surface area contributed by atoms with E-state index in [1.54, 1.807) is 23.7 Å². The van der Waals surface area contributed by atoms with Crippen molar-refractivity contribution in [3.63, 3.8) is 0 Å². The molecule has 1 saturated carbocycles. The number of nitrogens with zero attached hydrogens (tertiary/aromatic N) is 3. The van der Waals surface area contributed by atoms with Crippen LogP contribution in [0.4, 0.5) is 0 Å². The van der Waals surface area contributed by atoms with Crippen LogP contribution in [-0.4, -0.2) is 46.8 Å². The Bertz CT molecular complexity index is 637. The zero-order valence-electron chi connectivity index (χ0n) is 13.8. The summed E-state index contributed by atoms with van der Waals surface area (Å²) < 4.78 is 12.3. The summed E-state index contributed by atoms with van der Waals surface area (Å²) in [6.07, 6.45) is 8.94. The van der Waals surface area contributed by atoms with E-state index in [4.69, 9.17) is 9.47 Å². The van der Waals surface area contributed by atoms with Crippen LogP contribution < -0.4 is 4.74 Å². The maximum atomic E-state index is 6.32. The highest BCUT2D eigenvalue weighted by atomic mass is 32.1. The van der Waals surface area contributed by atoms with Crippen molar-refractivity contribution in [2.24, 2.45) is 5.92 Å². The van der Waals surface area contributed by atoms with Crippen LogP contribution in [0.5, 0.6) is 5.75 Å². The van der Waals surface area contributed by atoms with Gasteiger partial charge in [-0.3, -0.25) is 9.88 Å². The van der Waals surface area contributed by atoms with Crippen molar-refractivity contribution in [2.75, 3.05) is 26.3 Å². The van der Waals surface area contributed by atoms with Gasteiger partial charge in [-0.2, -0.15) is 0 Å². The van der Waals surface area contributed by atoms with E-state index >= 15 is 0 Å². The lowest BCUT2D eigenvalue weighted by molar-refractivity contribution is -0.137. The smallest absolute Gasteiger partial charge is 0.137 e. The monoisotopic (exact) mass is 345 g/mol. The van der Waals surface area contributed by atoms with Gasteiger partial charge in [0.2, 0.25) is 0 Å². The molecule has 1 aliphatic carbocycles. The maximum Gasteiger partial charge on any atom is 0.137 e. The lowest BCUT2D eigenvalue weighted by atomic mass is 9.89. The van der Waals surface area contributed by atoms with E-state index in [-0.39, 0.29) is 5.60 Å². The highest BCUT2D eigenvalue weighted by Gasteiger charge is 2.47. The summed E-state index contributed by atoms with van der Waals surface area (Å²) in [5, 5.41) is 3.24. The third kappa shape index (κ3) is 3.45. The minimum absolute atomic E-state index is 0.0578. The van der Waals surface area contributed by atoms with Crippen molar-refractivity contribution in [3.8, 4) is 5.75 Å². The second-order valence-corrected chi connectivity index (χ2v) is 7.62. The summed E-state index contributed by atoms with van der Waals surface area (Å²) in [6.45, 7) is 4.40. The van der Waals surface area contributed by atoms with Crippen molar-refractivity contribution in [3.05, 3.63) is 41.1 Å². The molecule has 2 aliphatic rings. The first kappa shape index (κ1) is 16.0. The molecule has 0 amide bonds. The number of thiazole rings is 1. The molecule has 2 aromatic rings. The van der Waals surface area contributed by atoms with Gasteiger partial charge in [-0.05, 0) is 31.4 Å². The summed E-state index contributed by atoms with van der Waals surface area (Å²) in [5.74, 6) is 1.28. The molecule has 1 aliphatic heterocycles. The SMILES string of the molecule is c1cncc(OC[C@H]2CCC[C@]23CN(Cc2nccs2)CCO3)c1. The largest absolute Gasteiger partial charge is 0.492 e. The third-order valence-electron chi connectivity index (χ3n) is 5.11. The van der Waals surface area contributed by atoms with Crippen LogP contribution in [-0.2, 0) is 11.3 Å². The predicted octanol–water partition coefficient (Wildman–Crippen LogP) is 2.99. The third-order valence-corrected chi connectivity index (χ3v) is 5.88. The van der Waals surface area contributed by atoms with Crippen LogP contribution in [0.15, 0.2) is 36.1 Å². The molecule has 24 heavy (non-hydrogen) atoms. The molecule has 128 valence electrons. The number of rotatable bonds is 5. The molecule has 4 rings (SSSR count). The van der Waals surface area contributed by atoms with Crippen LogP contribution >= 0.6 is 11.3 Å². The first-order valence-corrected chi connectivity index (χ1v) is 9.50. The van der Waals surface area contributed by atoms with Crippen LogP contribution in [0.1, 0.15) is 24.3 Å².